The summed E-state index contributed by atoms with van der Waals surface area (Å²) in [5, 5.41) is 12.4. The van der Waals surface area contributed by atoms with E-state index in [0.717, 1.165) is 0 Å². The molecule has 0 unspecified atom stereocenters. The van der Waals surface area contributed by atoms with E-state index in [1.54, 1.807) is 13.0 Å². The average molecular weight is 298 g/mol. The van der Waals surface area contributed by atoms with E-state index in [1.807, 2.05) is 6.92 Å². The predicted octanol–water partition coefficient (Wildman–Crippen LogP) is 1.45. The maximum absolute atomic E-state index is 13.1. The van der Waals surface area contributed by atoms with E-state index in [9.17, 15) is 12.8 Å². The summed E-state index contributed by atoms with van der Waals surface area (Å²) in [6.07, 6.45) is 0.688. The highest BCUT2D eigenvalue weighted by atomic mass is 32.2. The number of aromatic nitrogens is 3. The lowest BCUT2D eigenvalue weighted by molar-refractivity contribution is 0.559. The van der Waals surface area contributed by atoms with Gasteiger partial charge in [-0.3, -0.25) is 4.57 Å². The maximum atomic E-state index is 13.1. The molecule has 0 spiro atoms. The van der Waals surface area contributed by atoms with Gasteiger partial charge in [0.1, 0.15) is 5.82 Å². The lowest BCUT2D eigenvalue weighted by atomic mass is 10.1. The highest BCUT2D eigenvalue weighted by Gasteiger charge is 2.22. The first-order valence-electron chi connectivity index (χ1n) is 6.07. The Balaban J connectivity index is 2.66. The van der Waals surface area contributed by atoms with Gasteiger partial charge in [0.2, 0.25) is 0 Å². The summed E-state index contributed by atoms with van der Waals surface area (Å²) in [6.45, 7) is 4.03. The van der Waals surface area contributed by atoms with E-state index in [0.29, 0.717) is 29.9 Å². The van der Waals surface area contributed by atoms with Gasteiger partial charge in [-0.15, -0.1) is 10.2 Å². The van der Waals surface area contributed by atoms with E-state index in [-0.39, 0.29) is 11.0 Å². The molecule has 0 saturated heterocycles. The van der Waals surface area contributed by atoms with E-state index in [1.165, 1.54) is 16.7 Å². The SMILES string of the molecule is CCCn1c(-c2ccc(F)cc2C)nnc1S(N)(=O)=O. The van der Waals surface area contributed by atoms with Crippen LogP contribution in [-0.2, 0) is 16.6 Å². The van der Waals surface area contributed by atoms with E-state index in [4.69, 9.17) is 5.14 Å². The van der Waals surface area contributed by atoms with Gasteiger partial charge in [0.15, 0.2) is 5.82 Å². The van der Waals surface area contributed by atoms with Gasteiger partial charge < -0.3 is 0 Å². The van der Waals surface area contributed by atoms with Crippen molar-refractivity contribution in [1.29, 1.82) is 0 Å². The van der Waals surface area contributed by atoms with Crippen LogP contribution in [0.2, 0.25) is 0 Å². The molecule has 1 heterocycles. The molecular formula is C12H15FN4O2S. The van der Waals surface area contributed by atoms with Gasteiger partial charge in [-0.25, -0.2) is 17.9 Å². The minimum atomic E-state index is -3.95. The Labute approximate surface area is 116 Å². The Kier molecular flexibility index (Phi) is 3.87. The van der Waals surface area contributed by atoms with Gasteiger partial charge in [-0.2, -0.15) is 0 Å². The zero-order valence-corrected chi connectivity index (χ0v) is 12.0. The number of benzene rings is 1. The van der Waals surface area contributed by atoms with Crippen LogP contribution >= 0.6 is 0 Å². The second kappa shape index (κ2) is 5.29. The number of rotatable bonds is 4. The third-order valence-corrected chi connectivity index (χ3v) is 3.66. The summed E-state index contributed by atoms with van der Waals surface area (Å²) in [7, 11) is -3.95. The Morgan fingerprint density at radius 2 is 2.05 bits per heavy atom. The monoisotopic (exact) mass is 298 g/mol. The second-order valence-corrected chi connectivity index (χ2v) is 5.92. The molecule has 0 aliphatic heterocycles. The van der Waals surface area contributed by atoms with Crippen molar-refractivity contribution in [1.82, 2.24) is 14.8 Å². The normalized spacial score (nSPS) is 11.8. The van der Waals surface area contributed by atoms with Crippen molar-refractivity contribution in [3.8, 4) is 11.4 Å². The van der Waals surface area contributed by atoms with Crippen LogP contribution in [0.25, 0.3) is 11.4 Å². The van der Waals surface area contributed by atoms with E-state index >= 15 is 0 Å². The Bertz CT molecular complexity index is 740. The number of hydrogen-bond acceptors (Lipinski definition) is 4. The first kappa shape index (κ1) is 14.6. The molecule has 1 aromatic carbocycles. The summed E-state index contributed by atoms with van der Waals surface area (Å²) in [6, 6.07) is 4.20. The van der Waals surface area contributed by atoms with Crippen molar-refractivity contribution in [2.24, 2.45) is 5.14 Å². The number of sulfonamides is 1. The lowest BCUT2D eigenvalue weighted by Gasteiger charge is -2.09. The Hall–Kier alpha value is -1.80. The molecule has 2 rings (SSSR count). The fourth-order valence-corrected chi connectivity index (χ4v) is 2.64. The van der Waals surface area contributed by atoms with Crippen molar-refractivity contribution in [2.75, 3.05) is 0 Å². The van der Waals surface area contributed by atoms with E-state index < -0.39 is 10.0 Å². The fraction of sp³-hybridized carbons (Fsp3) is 0.333. The molecule has 0 aliphatic rings. The van der Waals surface area contributed by atoms with Crippen LogP contribution in [-0.4, -0.2) is 23.2 Å². The van der Waals surface area contributed by atoms with Crippen molar-refractivity contribution in [3.63, 3.8) is 0 Å². The van der Waals surface area contributed by atoms with Gasteiger partial charge in [0.05, 0.1) is 0 Å². The fourth-order valence-electron chi connectivity index (χ4n) is 2.00. The smallest absolute Gasteiger partial charge is 0.273 e. The molecule has 0 fully saturated rings. The summed E-state index contributed by atoms with van der Waals surface area (Å²) >= 11 is 0. The molecule has 2 aromatic rings. The average Bonchev–Trinajstić information content (AvgIpc) is 2.73. The molecular weight excluding hydrogens is 283 g/mol. The molecule has 0 atom stereocenters. The number of nitrogens with two attached hydrogens (primary N) is 1. The Morgan fingerprint density at radius 3 is 2.60 bits per heavy atom. The molecule has 0 aliphatic carbocycles. The zero-order valence-electron chi connectivity index (χ0n) is 11.2. The summed E-state index contributed by atoms with van der Waals surface area (Å²) in [4.78, 5) is 0. The molecule has 2 N–H and O–H groups in total. The maximum Gasteiger partial charge on any atom is 0.273 e. The van der Waals surface area contributed by atoms with Crippen LogP contribution in [0.15, 0.2) is 23.4 Å². The van der Waals surface area contributed by atoms with Crippen LogP contribution in [0, 0.1) is 12.7 Å². The molecule has 8 heteroatoms. The van der Waals surface area contributed by atoms with Crippen LogP contribution in [0.3, 0.4) is 0 Å². The molecule has 1 aromatic heterocycles. The minimum Gasteiger partial charge on any atom is -0.297 e. The topological polar surface area (TPSA) is 90.9 Å². The standard InChI is InChI=1S/C12H15FN4O2S/c1-3-6-17-11(15-16-12(17)20(14,18)19)10-5-4-9(13)7-8(10)2/h4-5,7H,3,6H2,1-2H3,(H2,14,18,19). The quantitative estimate of drug-likeness (QED) is 0.925. The number of halogens is 1. The molecule has 0 amide bonds. The second-order valence-electron chi connectivity index (χ2n) is 4.46. The number of nitrogens with zero attached hydrogens (tertiary/aromatic N) is 3. The van der Waals surface area contributed by atoms with Gasteiger partial charge >= 0.3 is 0 Å². The molecule has 6 nitrogen and oxygen atoms in total. The van der Waals surface area contributed by atoms with E-state index in [2.05, 4.69) is 10.2 Å². The largest absolute Gasteiger partial charge is 0.297 e. The highest BCUT2D eigenvalue weighted by Crippen LogP contribution is 2.24. The highest BCUT2D eigenvalue weighted by molar-refractivity contribution is 7.89. The molecule has 0 bridgehead atoms. The van der Waals surface area contributed by atoms with Crippen molar-refractivity contribution < 1.29 is 12.8 Å². The first-order chi connectivity index (χ1) is 9.34. The van der Waals surface area contributed by atoms with Crippen LogP contribution in [0.5, 0.6) is 0 Å². The van der Waals surface area contributed by atoms with Crippen molar-refractivity contribution in [2.45, 2.75) is 32.0 Å². The minimum absolute atomic E-state index is 0.280. The summed E-state index contributed by atoms with van der Waals surface area (Å²) in [5.74, 6) is 0.00727. The van der Waals surface area contributed by atoms with Crippen LogP contribution < -0.4 is 5.14 Å². The molecule has 0 radical (unpaired) electrons. The molecule has 0 saturated carbocycles. The third kappa shape index (κ3) is 2.70. The van der Waals surface area contributed by atoms with Gasteiger partial charge in [0, 0.05) is 12.1 Å². The number of hydrogen-bond donors (Lipinski definition) is 1. The molecule has 20 heavy (non-hydrogen) atoms. The number of aryl methyl sites for hydroxylation is 1. The van der Waals surface area contributed by atoms with Crippen molar-refractivity contribution >= 4 is 10.0 Å². The zero-order chi connectivity index (χ0) is 14.9. The van der Waals surface area contributed by atoms with Gasteiger partial charge in [-0.05, 0) is 37.1 Å². The van der Waals surface area contributed by atoms with Crippen LogP contribution in [0.1, 0.15) is 18.9 Å². The summed E-state index contributed by atoms with van der Waals surface area (Å²) in [5.41, 5.74) is 1.28. The summed E-state index contributed by atoms with van der Waals surface area (Å²) < 4.78 is 37.6. The van der Waals surface area contributed by atoms with Gasteiger partial charge in [0.25, 0.3) is 15.2 Å². The molecule has 108 valence electrons. The number of primary sulfonamides is 1. The predicted molar refractivity (Wildman–Crippen MR) is 71.8 cm³/mol. The van der Waals surface area contributed by atoms with Gasteiger partial charge in [-0.1, -0.05) is 6.92 Å². The third-order valence-electron chi connectivity index (χ3n) is 2.85. The lowest BCUT2D eigenvalue weighted by Crippen LogP contribution is -2.19. The first-order valence-corrected chi connectivity index (χ1v) is 7.61. The van der Waals surface area contributed by atoms with Crippen LogP contribution in [0.4, 0.5) is 4.39 Å². The Morgan fingerprint density at radius 1 is 1.35 bits per heavy atom. The van der Waals surface area contributed by atoms with Crippen molar-refractivity contribution in [3.05, 3.63) is 29.6 Å².